The van der Waals surface area contributed by atoms with Crippen LogP contribution in [0.4, 0.5) is 5.13 Å². The minimum absolute atomic E-state index is 0.312. The van der Waals surface area contributed by atoms with E-state index < -0.39 is 0 Å². The lowest BCUT2D eigenvalue weighted by Crippen LogP contribution is -2.07. The Kier molecular flexibility index (Phi) is 6.79. The number of thiazole rings is 1. The highest BCUT2D eigenvalue weighted by Gasteiger charge is 2.09. The molecule has 27 heavy (non-hydrogen) atoms. The molecular weight excluding hydrogens is 446 g/mol. The van der Waals surface area contributed by atoms with Crippen molar-refractivity contribution in [2.75, 3.05) is 5.32 Å². The molecular formula is C19H12Cl4N2OS. The van der Waals surface area contributed by atoms with E-state index in [1.807, 2.05) is 6.07 Å². The zero-order chi connectivity index (χ0) is 19.4. The van der Waals surface area contributed by atoms with E-state index in [4.69, 9.17) is 46.4 Å². The summed E-state index contributed by atoms with van der Waals surface area (Å²) in [5.41, 5.74) is 1.57. The molecule has 1 aromatic heterocycles. The summed E-state index contributed by atoms with van der Waals surface area (Å²) in [5.74, 6) is -0.312. The van der Waals surface area contributed by atoms with Gasteiger partial charge in [0.15, 0.2) is 5.13 Å². The first-order valence-corrected chi connectivity index (χ1v) is 10.1. The maximum absolute atomic E-state index is 12.1. The predicted molar refractivity (Wildman–Crippen MR) is 116 cm³/mol. The van der Waals surface area contributed by atoms with E-state index >= 15 is 0 Å². The first kappa shape index (κ1) is 20.2. The van der Waals surface area contributed by atoms with Crippen LogP contribution in [0.5, 0.6) is 0 Å². The summed E-state index contributed by atoms with van der Waals surface area (Å²) < 4.78 is 0. The number of nitrogens with zero attached hydrogens (tertiary/aromatic N) is 1. The van der Waals surface area contributed by atoms with Gasteiger partial charge in [0.1, 0.15) is 0 Å². The van der Waals surface area contributed by atoms with Crippen molar-refractivity contribution in [3.8, 4) is 0 Å². The number of aromatic nitrogens is 1. The van der Waals surface area contributed by atoms with Gasteiger partial charge in [0.2, 0.25) is 5.91 Å². The number of nitrogens with one attached hydrogen (secondary N) is 1. The predicted octanol–water partition coefficient (Wildman–Crippen LogP) is 7.00. The number of halogens is 4. The van der Waals surface area contributed by atoms with Gasteiger partial charge in [0.05, 0.1) is 10.0 Å². The third-order valence-corrected chi connectivity index (χ3v) is 5.90. The molecule has 0 aliphatic carbocycles. The van der Waals surface area contributed by atoms with Crippen LogP contribution in [0.2, 0.25) is 20.1 Å². The van der Waals surface area contributed by atoms with Gasteiger partial charge in [-0.25, -0.2) is 4.98 Å². The normalized spacial score (nSPS) is 11.1. The van der Waals surface area contributed by atoms with Crippen LogP contribution in [0, 0.1) is 0 Å². The van der Waals surface area contributed by atoms with Gasteiger partial charge in [-0.15, -0.1) is 11.3 Å². The van der Waals surface area contributed by atoms with Gasteiger partial charge in [-0.3, -0.25) is 10.1 Å². The lowest BCUT2D eigenvalue weighted by Gasteiger charge is -2.02. The molecule has 0 atom stereocenters. The Morgan fingerprint density at radius 3 is 2.74 bits per heavy atom. The second-order valence-corrected chi connectivity index (χ2v) is 8.25. The Hall–Kier alpha value is -1.56. The molecule has 3 nitrogen and oxygen atoms in total. The molecule has 0 saturated carbocycles. The molecule has 0 unspecified atom stereocenters. The van der Waals surface area contributed by atoms with E-state index in [2.05, 4.69) is 10.3 Å². The lowest BCUT2D eigenvalue weighted by molar-refractivity contribution is -0.111. The van der Waals surface area contributed by atoms with Gasteiger partial charge in [0.25, 0.3) is 0 Å². The van der Waals surface area contributed by atoms with Crippen LogP contribution in [0.1, 0.15) is 16.0 Å². The van der Waals surface area contributed by atoms with Crippen molar-refractivity contribution in [2.24, 2.45) is 0 Å². The fourth-order valence-corrected chi connectivity index (χ4v) is 3.86. The molecule has 1 heterocycles. The average Bonchev–Trinajstić information content (AvgIpc) is 3.06. The second-order valence-electron chi connectivity index (χ2n) is 5.51. The van der Waals surface area contributed by atoms with Crippen LogP contribution in [0.25, 0.3) is 6.08 Å². The monoisotopic (exact) mass is 456 g/mol. The molecule has 0 saturated heterocycles. The quantitative estimate of drug-likeness (QED) is 0.419. The number of benzene rings is 2. The van der Waals surface area contributed by atoms with E-state index in [9.17, 15) is 4.79 Å². The van der Waals surface area contributed by atoms with Gasteiger partial charge < -0.3 is 0 Å². The molecule has 0 aliphatic heterocycles. The maximum atomic E-state index is 12.1. The smallest absolute Gasteiger partial charge is 0.250 e. The fourth-order valence-electron chi connectivity index (χ4n) is 2.28. The number of amides is 1. The summed E-state index contributed by atoms with van der Waals surface area (Å²) in [7, 11) is 0. The second kappa shape index (κ2) is 9.09. The number of hydrogen-bond acceptors (Lipinski definition) is 3. The molecule has 8 heteroatoms. The number of carbonyl (C=O) groups is 1. The fraction of sp³-hybridized carbons (Fsp3) is 0.0526. The van der Waals surface area contributed by atoms with Crippen molar-refractivity contribution in [2.45, 2.75) is 6.42 Å². The van der Waals surface area contributed by atoms with Crippen LogP contribution in [0.15, 0.2) is 48.7 Å². The minimum atomic E-state index is -0.312. The molecule has 2 aromatic carbocycles. The zero-order valence-corrected chi connectivity index (χ0v) is 17.5. The van der Waals surface area contributed by atoms with Crippen LogP contribution in [0.3, 0.4) is 0 Å². The summed E-state index contributed by atoms with van der Waals surface area (Å²) in [6, 6.07) is 10.5. The summed E-state index contributed by atoms with van der Waals surface area (Å²) in [4.78, 5) is 17.3. The van der Waals surface area contributed by atoms with Gasteiger partial charge in [-0.05, 0) is 41.5 Å². The zero-order valence-electron chi connectivity index (χ0n) is 13.7. The van der Waals surface area contributed by atoms with E-state index in [1.54, 1.807) is 42.6 Å². The number of rotatable bonds is 5. The van der Waals surface area contributed by atoms with E-state index in [-0.39, 0.29) is 5.91 Å². The van der Waals surface area contributed by atoms with Crippen molar-refractivity contribution in [1.29, 1.82) is 0 Å². The van der Waals surface area contributed by atoms with E-state index in [0.717, 1.165) is 10.4 Å². The lowest BCUT2D eigenvalue weighted by atomic mass is 10.1. The summed E-state index contributed by atoms with van der Waals surface area (Å²) in [6.45, 7) is 0. The van der Waals surface area contributed by atoms with Gasteiger partial charge in [0, 0.05) is 33.6 Å². The summed E-state index contributed by atoms with van der Waals surface area (Å²) >= 11 is 25.6. The molecule has 1 amide bonds. The Bertz CT molecular complexity index is 1020. The third-order valence-electron chi connectivity index (χ3n) is 3.55. The SMILES string of the molecule is O=C(/C=C\c1cccc(Cl)c1Cl)Nc1ncc(Cc2cc(Cl)ccc2Cl)s1. The Morgan fingerprint density at radius 1 is 1.11 bits per heavy atom. The largest absolute Gasteiger partial charge is 0.298 e. The van der Waals surface area contributed by atoms with Crippen molar-refractivity contribution in [1.82, 2.24) is 4.98 Å². The number of anilines is 1. The summed E-state index contributed by atoms with van der Waals surface area (Å²) in [5, 5.41) is 5.32. The topological polar surface area (TPSA) is 42.0 Å². The highest BCUT2D eigenvalue weighted by atomic mass is 35.5. The van der Waals surface area contributed by atoms with Crippen LogP contribution >= 0.6 is 57.7 Å². The van der Waals surface area contributed by atoms with Gasteiger partial charge in [-0.2, -0.15) is 0 Å². The average molecular weight is 458 g/mol. The van der Waals surface area contributed by atoms with Crippen molar-refractivity contribution >= 4 is 74.9 Å². The Morgan fingerprint density at radius 2 is 1.93 bits per heavy atom. The van der Waals surface area contributed by atoms with Crippen molar-refractivity contribution < 1.29 is 4.79 Å². The highest BCUT2D eigenvalue weighted by Crippen LogP contribution is 2.28. The Balaban J connectivity index is 1.65. The molecule has 0 aliphatic rings. The van der Waals surface area contributed by atoms with E-state index in [1.165, 1.54) is 17.4 Å². The van der Waals surface area contributed by atoms with Gasteiger partial charge in [-0.1, -0.05) is 58.5 Å². The molecule has 138 valence electrons. The van der Waals surface area contributed by atoms with Crippen molar-refractivity contribution in [3.63, 3.8) is 0 Å². The van der Waals surface area contributed by atoms with Crippen LogP contribution in [-0.4, -0.2) is 10.9 Å². The van der Waals surface area contributed by atoms with E-state index in [0.29, 0.717) is 37.2 Å². The number of carbonyl (C=O) groups excluding carboxylic acids is 1. The standard InChI is InChI=1S/C19H12Cl4N2OS/c20-13-5-6-15(21)12(8-13)9-14-10-24-19(27-14)25-17(26)7-4-11-2-1-3-16(22)18(11)23/h1-8,10H,9H2,(H,24,25,26)/b7-4-. The maximum Gasteiger partial charge on any atom is 0.250 e. The third kappa shape index (κ3) is 5.47. The molecule has 0 spiro atoms. The Labute approximate surface area is 180 Å². The first-order valence-electron chi connectivity index (χ1n) is 7.74. The highest BCUT2D eigenvalue weighted by molar-refractivity contribution is 7.15. The minimum Gasteiger partial charge on any atom is -0.298 e. The van der Waals surface area contributed by atoms with Crippen LogP contribution in [-0.2, 0) is 11.2 Å². The van der Waals surface area contributed by atoms with Crippen molar-refractivity contribution in [3.05, 3.63) is 84.8 Å². The molecule has 3 aromatic rings. The number of hydrogen-bond donors (Lipinski definition) is 1. The molecule has 0 fully saturated rings. The molecule has 0 radical (unpaired) electrons. The summed E-state index contributed by atoms with van der Waals surface area (Å²) in [6.07, 6.45) is 5.27. The van der Waals surface area contributed by atoms with Gasteiger partial charge >= 0.3 is 0 Å². The molecule has 1 N–H and O–H groups in total. The van der Waals surface area contributed by atoms with Crippen LogP contribution < -0.4 is 5.32 Å². The molecule has 0 bridgehead atoms. The first-order chi connectivity index (χ1) is 12.9. The molecule has 3 rings (SSSR count).